The molecule has 9 nitrogen and oxygen atoms in total. The Morgan fingerprint density at radius 3 is 1.34 bits per heavy atom. The minimum absolute atomic E-state index is 0.0359. The van der Waals surface area contributed by atoms with Gasteiger partial charge in [-0.3, -0.25) is 14.2 Å². The lowest BCUT2D eigenvalue weighted by Gasteiger charge is -2.30. The maximum Gasteiger partial charge on any atom is 0.306 e. The fourth-order valence-electron chi connectivity index (χ4n) is 8.05. The number of esters is 1. The highest BCUT2D eigenvalue weighted by molar-refractivity contribution is 7.45. The number of hydrogen-bond acceptors (Lipinski definition) is 7. The summed E-state index contributed by atoms with van der Waals surface area (Å²) >= 11 is 0. The minimum Gasteiger partial charge on any atom is -0.756 e. The van der Waals surface area contributed by atoms with Crippen LogP contribution < -0.4 is 10.2 Å². The Morgan fingerprint density at radius 1 is 0.493 bits per heavy atom. The zero-order chi connectivity index (χ0) is 52.2. The number of phosphoric acid groups is 1. The molecule has 10 heteroatoms. The summed E-state index contributed by atoms with van der Waals surface area (Å²) in [4.78, 5) is 39.8. The second kappa shape index (κ2) is 51.0. The monoisotopic (exact) mass is 1010 g/mol. The fourth-order valence-corrected chi connectivity index (χ4v) is 8.77. The lowest BCUT2D eigenvalue weighted by atomic mass is 10.0. The van der Waals surface area contributed by atoms with Crippen LogP contribution in [0.15, 0.2) is 72.9 Å². The van der Waals surface area contributed by atoms with Crippen LogP contribution in [0.1, 0.15) is 252 Å². The van der Waals surface area contributed by atoms with E-state index in [1.54, 1.807) is 0 Å². The zero-order valence-corrected chi connectivity index (χ0v) is 47.8. The lowest BCUT2D eigenvalue weighted by Crippen LogP contribution is -2.47. The normalized spacial score (nSPS) is 14.3. The molecule has 0 bridgehead atoms. The summed E-state index contributed by atoms with van der Waals surface area (Å²) in [5, 5.41) is 2.98. The van der Waals surface area contributed by atoms with E-state index in [-0.39, 0.29) is 31.3 Å². The first-order valence-corrected chi connectivity index (χ1v) is 30.7. The number of ether oxygens (including phenoxy) is 1. The maximum absolute atomic E-state index is 13.4. The van der Waals surface area contributed by atoms with E-state index in [1.165, 1.54) is 122 Å². The summed E-state index contributed by atoms with van der Waals surface area (Å²) in [6, 6.07) is -0.925. The second-order valence-corrected chi connectivity index (χ2v) is 22.2. The number of carbonyl (C=O) groups is 2. The zero-order valence-electron chi connectivity index (χ0n) is 46.9. The van der Waals surface area contributed by atoms with Gasteiger partial charge in [0.05, 0.1) is 33.8 Å². The highest BCUT2D eigenvalue weighted by atomic mass is 31.2. The highest BCUT2D eigenvalue weighted by Gasteiger charge is 2.27. The van der Waals surface area contributed by atoms with Gasteiger partial charge in [0.1, 0.15) is 19.3 Å². The number of nitrogens with one attached hydrogen (secondary N) is 1. The van der Waals surface area contributed by atoms with Gasteiger partial charge in [0.15, 0.2) is 0 Å². The first kappa shape index (κ1) is 68.5. The third-order valence-electron chi connectivity index (χ3n) is 12.6. The molecule has 0 saturated carbocycles. The van der Waals surface area contributed by atoms with Crippen LogP contribution in [-0.4, -0.2) is 69.4 Å². The Hall–Kier alpha value is -2.55. The minimum atomic E-state index is -4.71. The van der Waals surface area contributed by atoms with Crippen molar-refractivity contribution in [3.05, 3.63) is 72.9 Å². The molecule has 0 radical (unpaired) electrons. The number of allylic oxidation sites excluding steroid dienone is 11. The molecule has 0 saturated heterocycles. The maximum atomic E-state index is 13.4. The quantitative estimate of drug-likeness (QED) is 0.0212. The highest BCUT2D eigenvalue weighted by Crippen LogP contribution is 2.38. The number of nitrogens with zero attached hydrogens (tertiary/aromatic N) is 1. The number of quaternary nitrogens is 1. The van der Waals surface area contributed by atoms with Gasteiger partial charge in [-0.15, -0.1) is 0 Å². The molecule has 0 spiro atoms. The van der Waals surface area contributed by atoms with Gasteiger partial charge in [0.25, 0.3) is 7.82 Å². The third kappa shape index (κ3) is 52.1. The van der Waals surface area contributed by atoms with Gasteiger partial charge < -0.3 is 28.5 Å². The van der Waals surface area contributed by atoms with Crippen LogP contribution in [-0.2, 0) is 27.9 Å². The molecule has 412 valence electrons. The van der Waals surface area contributed by atoms with E-state index in [2.05, 4.69) is 80.8 Å². The van der Waals surface area contributed by atoms with Crippen LogP contribution in [0.5, 0.6) is 0 Å². The molecule has 0 aromatic heterocycles. The van der Waals surface area contributed by atoms with Gasteiger partial charge >= 0.3 is 5.97 Å². The van der Waals surface area contributed by atoms with E-state index in [0.717, 1.165) is 83.5 Å². The number of likely N-dealkylation sites (N-methyl/N-ethyl adjacent to an activating group) is 1. The molecule has 1 amide bonds. The van der Waals surface area contributed by atoms with Gasteiger partial charge in [-0.05, 0) is 89.5 Å². The van der Waals surface area contributed by atoms with Crippen LogP contribution in [0.3, 0.4) is 0 Å². The van der Waals surface area contributed by atoms with Crippen LogP contribution in [0.25, 0.3) is 0 Å². The van der Waals surface area contributed by atoms with Gasteiger partial charge in [0, 0.05) is 12.8 Å². The topological polar surface area (TPSA) is 114 Å². The summed E-state index contributed by atoms with van der Waals surface area (Å²) in [5.41, 5.74) is 0. The largest absolute Gasteiger partial charge is 0.756 e. The summed E-state index contributed by atoms with van der Waals surface area (Å²) in [6.45, 7) is 6.75. The Labute approximate surface area is 438 Å². The van der Waals surface area contributed by atoms with E-state index in [1.807, 2.05) is 39.4 Å². The van der Waals surface area contributed by atoms with E-state index < -0.39 is 26.6 Å². The van der Waals surface area contributed by atoms with E-state index in [4.69, 9.17) is 13.8 Å². The summed E-state index contributed by atoms with van der Waals surface area (Å²) < 4.78 is 30.2. The molecule has 0 heterocycles. The van der Waals surface area contributed by atoms with Crippen molar-refractivity contribution in [3.8, 4) is 0 Å². The summed E-state index contributed by atoms with van der Waals surface area (Å²) in [6.07, 6.45) is 64.5. The SMILES string of the molecule is CCCCC/C=C\C/C=C\C/C=C\CCCCCCCCC(=O)OC(/C=C\CCCCCCCCCCCCC)C(COP(=O)([O-])OCC[N+](C)(C)C)NC(=O)CC/C=C/C/C=C\CCCCCCCC. The molecular weight excluding hydrogens is 904 g/mol. The van der Waals surface area contributed by atoms with Crippen LogP contribution >= 0.6 is 7.82 Å². The standard InChI is InChI=1S/C61H111N2O7P/c1-7-10-13-16-19-22-25-28-29-30-31-32-33-36-39-42-45-48-51-54-61(65)70-59(52-49-46-43-40-37-34-26-23-20-17-14-11-8-2)58(57-69-71(66,67)68-56-55-63(4,5)6)62-60(64)53-50-47-44-41-38-35-27-24-21-18-15-12-9-3/h19,22,28-29,31-32,35,38,44,47,49,52,58-59H,7-18,20-21,23-27,30,33-34,36-37,39-43,45-46,48,50-51,53-57H2,1-6H3,(H-,62,64,66,67)/b22-19-,29-28-,32-31-,38-35-,47-44+,52-49-. The summed E-state index contributed by atoms with van der Waals surface area (Å²) in [7, 11) is 1.14. The Morgan fingerprint density at radius 2 is 0.873 bits per heavy atom. The van der Waals surface area contributed by atoms with Crippen molar-refractivity contribution in [3.63, 3.8) is 0 Å². The number of amides is 1. The van der Waals surface area contributed by atoms with Gasteiger partial charge in [0.2, 0.25) is 5.91 Å². The molecular formula is C61H111N2O7P. The van der Waals surface area contributed by atoms with E-state index in [0.29, 0.717) is 23.9 Å². The molecule has 3 unspecified atom stereocenters. The van der Waals surface area contributed by atoms with Crippen molar-refractivity contribution >= 4 is 19.7 Å². The molecule has 0 fully saturated rings. The molecule has 71 heavy (non-hydrogen) atoms. The predicted octanol–water partition coefficient (Wildman–Crippen LogP) is 17.0. The Bertz CT molecular complexity index is 1450. The van der Waals surface area contributed by atoms with Gasteiger partial charge in [-0.1, -0.05) is 222 Å². The molecule has 0 aromatic carbocycles. The van der Waals surface area contributed by atoms with Gasteiger partial charge in [-0.25, -0.2) is 0 Å². The van der Waals surface area contributed by atoms with Crippen molar-refractivity contribution in [2.45, 2.75) is 264 Å². The smallest absolute Gasteiger partial charge is 0.306 e. The Balaban J connectivity index is 5.42. The first-order valence-electron chi connectivity index (χ1n) is 29.2. The van der Waals surface area contributed by atoms with Crippen molar-refractivity contribution in [2.75, 3.05) is 40.9 Å². The lowest BCUT2D eigenvalue weighted by molar-refractivity contribution is -0.870. The van der Waals surface area contributed by atoms with E-state index >= 15 is 0 Å². The summed E-state index contributed by atoms with van der Waals surface area (Å²) in [5.74, 6) is -0.634. The van der Waals surface area contributed by atoms with Crippen LogP contribution in [0.2, 0.25) is 0 Å². The van der Waals surface area contributed by atoms with Crippen molar-refractivity contribution in [2.24, 2.45) is 0 Å². The second-order valence-electron chi connectivity index (χ2n) is 20.8. The third-order valence-corrected chi connectivity index (χ3v) is 13.6. The number of unbranched alkanes of at least 4 members (excludes halogenated alkanes) is 26. The Kier molecular flexibility index (Phi) is 49.1. The number of hydrogen-bond donors (Lipinski definition) is 1. The number of carbonyl (C=O) groups excluding carboxylic acids is 2. The average molecular weight is 1020 g/mol. The predicted molar refractivity (Wildman–Crippen MR) is 302 cm³/mol. The fraction of sp³-hybridized carbons (Fsp3) is 0.770. The molecule has 0 aromatic rings. The first-order chi connectivity index (χ1) is 34.4. The van der Waals surface area contributed by atoms with E-state index in [9.17, 15) is 19.0 Å². The average Bonchev–Trinajstić information content (AvgIpc) is 3.33. The molecule has 0 aliphatic heterocycles. The van der Waals surface area contributed by atoms with Crippen molar-refractivity contribution < 1.29 is 37.3 Å². The number of phosphoric ester groups is 1. The van der Waals surface area contributed by atoms with Crippen molar-refractivity contribution in [1.29, 1.82) is 0 Å². The van der Waals surface area contributed by atoms with Crippen LogP contribution in [0.4, 0.5) is 0 Å². The molecule has 3 atom stereocenters. The molecule has 0 aliphatic rings. The molecule has 0 aliphatic carbocycles. The van der Waals surface area contributed by atoms with Crippen LogP contribution in [0, 0.1) is 0 Å². The van der Waals surface area contributed by atoms with Gasteiger partial charge in [-0.2, -0.15) is 0 Å². The van der Waals surface area contributed by atoms with Crippen molar-refractivity contribution in [1.82, 2.24) is 5.32 Å². The molecule has 0 rings (SSSR count). The number of rotatable bonds is 52. The molecule has 1 N–H and O–H groups in total.